The van der Waals surface area contributed by atoms with Gasteiger partial charge in [-0.05, 0) is 32.1 Å². The van der Waals surface area contributed by atoms with Crippen LogP contribution in [0.1, 0.15) is 78.2 Å². The molecule has 0 aliphatic heterocycles. The van der Waals surface area contributed by atoms with Gasteiger partial charge in [-0.2, -0.15) is 0 Å². The Morgan fingerprint density at radius 2 is 1.81 bits per heavy atom. The topological polar surface area (TPSA) is 47.0 Å². The molecule has 1 aromatic heterocycles. The molecule has 0 spiro atoms. The standard InChI is InChI=1S/C17H31N3O/c1-7-11-18-15-12-14(13(5)6)19-16(20-15)17(8-2,9-3)21-10-4/h12-13H,7-11H2,1-6H3,(H,18,19,20). The monoisotopic (exact) mass is 293 g/mol. The van der Waals surface area contributed by atoms with Crippen LogP contribution in [0.15, 0.2) is 6.07 Å². The Balaban J connectivity index is 3.27. The molecule has 0 aromatic carbocycles. The molecule has 0 radical (unpaired) electrons. The largest absolute Gasteiger partial charge is 0.370 e. The lowest BCUT2D eigenvalue weighted by Gasteiger charge is -2.30. The number of aromatic nitrogens is 2. The molecule has 0 saturated carbocycles. The lowest BCUT2D eigenvalue weighted by atomic mass is 9.95. The Morgan fingerprint density at radius 1 is 1.14 bits per heavy atom. The highest BCUT2D eigenvalue weighted by Crippen LogP contribution is 2.32. The molecule has 120 valence electrons. The minimum atomic E-state index is -0.373. The van der Waals surface area contributed by atoms with Gasteiger partial charge in [0.1, 0.15) is 11.4 Å². The van der Waals surface area contributed by atoms with E-state index in [2.05, 4.69) is 46.0 Å². The highest BCUT2D eigenvalue weighted by atomic mass is 16.5. The van der Waals surface area contributed by atoms with E-state index in [0.29, 0.717) is 12.5 Å². The molecule has 0 saturated heterocycles. The summed E-state index contributed by atoms with van der Waals surface area (Å²) in [5, 5.41) is 3.39. The van der Waals surface area contributed by atoms with Gasteiger partial charge >= 0.3 is 0 Å². The van der Waals surface area contributed by atoms with Gasteiger partial charge in [0.15, 0.2) is 5.82 Å². The highest BCUT2D eigenvalue weighted by molar-refractivity contribution is 5.37. The molecule has 4 nitrogen and oxygen atoms in total. The molecule has 0 aliphatic rings. The van der Waals surface area contributed by atoms with Gasteiger partial charge in [-0.1, -0.05) is 34.6 Å². The summed E-state index contributed by atoms with van der Waals surface area (Å²) in [6, 6.07) is 2.06. The average Bonchev–Trinajstić information content (AvgIpc) is 2.50. The Morgan fingerprint density at radius 3 is 2.29 bits per heavy atom. The third kappa shape index (κ3) is 4.40. The maximum atomic E-state index is 6.06. The number of anilines is 1. The predicted molar refractivity (Wildman–Crippen MR) is 88.8 cm³/mol. The van der Waals surface area contributed by atoms with Crippen molar-refractivity contribution >= 4 is 5.82 Å². The van der Waals surface area contributed by atoms with Crippen molar-refractivity contribution in [3.8, 4) is 0 Å². The fraction of sp³-hybridized carbons (Fsp3) is 0.765. The van der Waals surface area contributed by atoms with Gasteiger partial charge < -0.3 is 10.1 Å². The van der Waals surface area contributed by atoms with Crippen LogP contribution in [0, 0.1) is 0 Å². The third-order valence-electron chi connectivity index (χ3n) is 3.86. The first kappa shape index (κ1) is 17.9. The number of hydrogen-bond acceptors (Lipinski definition) is 4. The summed E-state index contributed by atoms with van der Waals surface area (Å²) in [6.45, 7) is 14.4. The molecule has 1 rings (SSSR count). The minimum Gasteiger partial charge on any atom is -0.370 e. The van der Waals surface area contributed by atoms with Crippen LogP contribution < -0.4 is 5.32 Å². The van der Waals surface area contributed by atoms with Crippen LogP contribution >= 0.6 is 0 Å². The van der Waals surface area contributed by atoms with Gasteiger partial charge in [-0.3, -0.25) is 0 Å². The van der Waals surface area contributed by atoms with Crippen LogP contribution in [0.2, 0.25) is 0 Å². The molecule has 0 fully saturated rings. The first-order chi connectivity index (χ1) is 10.0. The van der Waals surface area contributed by atoms with Crippen molar-refractivity contribution < 1.29 is 4.74 Å². The van der Waals surface area contributed by atoms with Crippen molar-refractivity contribution in [2.24, 2.45) is 0 Å². The van der Waals surface area contributed by atoms with Crippen molar-refractivity contribution in [1.29, 1.82) is 0 Å². The van der Waals surface area contributed by atoms with Gasteiger partial charge in [0, 0.05) is 24.9 Å². The van der Waals surface area contributed by atoms with E-state index in [4.69, 9.17) is 14.7 Å². The second-order valence-electron chi connectivity index (χ2n) is 5.72. The van der Waals surface area contributed by atoms with E-state index in [9.17, 15) is 0 Å². The molecule has 1 aromatic rings. The van der Waals surface area contributed by atoms with Crippen LogP contribution in [-0.4, -0.2) is 23.1 Å². The smallest absolute Gasteiger partial charge is 0.162 e. The molecule has 0 unspecified atom stereocenters. The lowest BCUT2D eigenvalue weighted by molar-refractivity contribution is -0.0572. The summed E-state index contributed by atoms with van der Waals surface area (Å²) >= 11 is 0. The molecule has 1 N–H and O–H groups in total. The molecule has 21 heavy (non-hydrogen) atoms. The van der Waals surface area contributed by atoms with Crippen molar-refractivity contribution in [2.75, 3.05) is 18.5 Å². The van der Waals surface area contributed by atoms with Gasteiger partial charge in [-0.15, -0.1) is 0 Å². The molecule has 0 atom stereocenters. The van der Waals surface area contributed by atoms with Crippen molar-refractivity contribution in [1.82, 2.24) is 9.97 Å². The second kappa shape index (κ2) is 8.32. The third-order valence-corrected chi connectivity index (χ3v) is 3.86. The zero-order valence-corrected chi connectivity index (χ0v) is 14.5. The SMILES string of the molecule is CCCNc1cc(C(C)C)nc(C(CC)(CC)OCC)n1. The van der Waals surface area contributed by atoms with Crippen LogP contribution in [-0.2, 0) is 10.3 Å². The van der Waals surface area contributed by atoms with Crippen molar-refractivity contribution in [3.63, 3.8) is 0 Å². The van der Waals surface area contributed by atoms with Crippen molar-refractivity contribution in [3.05, 3.63) is 17.6 Å². The fourth-order valence-corrected chi connectivity index (χ4v) is 2.42. The molecule has 1 heterocycles. The Bertz CT molecular complexity index is 428. The maximum absolute atomic E-state index is 6.06. The molecule has 0 amide bonds. The van der Waals surface area contributed by atoms with E-state index < -0.39 is 0 Å². The average molecular weight is 293 g/mol. The molecule has 0 aliphatic carbocycles. The normalized spacial score (nSPS) is 12.0. The Hall–Kier alpha value is -1.16. The summed E-state index contributed by atoms with van der Waals surface area (Å²) in [5.41, 5.74) is 0.701. The molecular weight excluding hydrogens is 262 g/mol. The van der Waals surface area contributed by atoms with E-state index in [0.717, 1.165) is 43.1 Å². The first-order valence-corrected chi connectivity index (χ1v) is 8.30. The minimum absolute atomic E-state index is 0.373. The summed E-state index contributed by atoms with van der Waals surface area (Å²) in [6.07, 6.45) is 2.84. The van der Waals surface area contributed by atoms with E-state index in [1.807, 2.05) is 6.92 Å². The number of ether oxygens (including phenoxy) is 1. The van der Waals surface area contributed by atoms with E-state index in [-0.39, 0.29) is 5.60 Å². The van der Waals surface area contributed by atoms with Gasteiger partial charge in [0.25, 0.3) is 0 Å². The number of rotatable bonds is 9. The fourth-order valence-electron chi connectivity index (χ4n) is 2.42. The van der Waals surface area contributed by atoms with E-state index >= 15 is 0 Å². The second-order valence-corrected chi connectivity index (χ2v) is 5.72. The summed E-state index contributed by atoms with van der Waals surface area (Å²) in [5.74, 6) is 2.11. The van der Waals surface area contributed by atoms with Crippen LogP contribution in [0.3, 0.4) is 0 Å². The highest BCUT2D eigenvalue weighted by Gasteiger charge is 2.33. The number of nitrogens with one attached hydrogen (secondary N) is 1. The quantitative estimate of drug-likeness (QED) is 0.729. The van der Waals surface area contributed by atoms with Gasteiger partial charge in [0.05, 0.1) is 0 Å². The molecule has 0 bridgehead atoms. The molecule has 4 heteroatoms. The van der Waals surface area contributed by atoms with E-state index in [1.54, 1.807) is 0 Å². The Kier molecular flexibility index (Phi) is 7.09. The van der Waals surface area contributed by atoms with Crippen molar-refractivity contribution in [2.45, 2.75) is 72.3 Å². The Labute approximate surface area is 129 Å². The number of hydrogen-bond donors (Lipinski definition) is 1. The van der Waals surface area contributed by atoms with Crippen LogP contribution in [0.25, 0.3) is 0 Å². The maximum Gasteiger partial charge on any atom is 0.162 e. The lowest BCUT2D eigenvalue weighted by Crippen LogP contribution is -2.31. The van der Waals surface area contributed by atoms with Gasteiger partial charge in [-0.25, -0.2) is 9.97 Å². The summed E-state index contributed by atoms with van der Waals surface area (Å²) < 4.78 is 6.06. The molecular formula is C17H31N3O. The first-order valence-electron chi connectivity index (χ1n) is 8.30. The van der Waals surface area contributed by atoms with Gasteiger partial charge in [0.2, 0.25) is 0 Å². The zero-order chi connectivity index (χ0) is 15.9. The predicted octanol–water partition coefficient (Wildman–Crippen LogP) is 4.47. The number of nitrogens with zero attached hydrogens (tertiary/aromatic N) is 2. The zero-order valence-electron chi connectivity index (χ0n) is 14.5. The van der Waals surface area contributed by atoms with Crippen LogP contribution in [0.4, 0.5) is 5.82 Å². The summed E-state index contributed by atoms with van der Waals surface area (Å²) in [4.78, 5) is 9.54. The van der Waals surface area contributed by atoms with Crippen LogP contribution in [0.5, 0.6) is 0 Å². The summed E-state index contributed by atoms with van der Waals surface area (Å²) in [7, 11) is 0. The van der Waals surface area contributed by atoms with E-state index in [1.165, 1.54) is 0 Å².